The van der Waals surface area contributed by atoms with Crippen LogP contribution in [0.3, 0.4) is 0 Å². The van der Waals surface area contributed by atoms with E-state index in [1.807, 2.05) is 0 Å². The van der Waals surface area contributed by atoms with E-state index in [-0.39, 0.29) is 24.3 Å². The molecule has 29 heavy (non-hydrogen) atoms. The predicted octanol–water partition coefficient (Wildman–Crippen LogP) is -0.0385. The fraction of sp³-hybridized carbons (Fsp3) is 0.438. The van der Waals surface area contributed by atoms with E-state index in [4.69, 9.17) is 4.55 Å². The van der Waals surface area contributed by atoms with E-state index in [0.717, 1.165) is 0 Å². The highest BCUT2D eigenvalue weighted by molar-refractivity contribution is 7.92. The minimum atomic E-state index is -4.09. The van der Waals surface area contributed by atoms with Crippen LogP contribution in [0.5, 0.6) is 0 Å². The maximum Gasteiger partial charge on any atom is 0.264 e. The Morgan fingerprint density at radius 3 is 2.38 bits per heavy atom. The number of rotatable bonds is 13. The average Bonchev–Trinajstić information content (AvgIpc) is 2.60. The second-order valence-electron chi connectivity index (χ2n) is 6.07. The molecule has 0 radical (unpaired) electrons. The quantitative estimate of drug-likeness (QED) is 0.116. The monoisotopic (exact) mass is 467 g/mol. The van der Waals surface area contributed by atoms with Crippen LogP contribution in [0.15, 0.2) is 24.8 Å². The Balaban J connectivity index is 2.86. The number of thiol groups is 1. The third-order valence-electron chi connectivity index (χ3n) is 3.53. The van der Waals surface area contributed by atoms with Crippen LogP contribution in [-0.2, 0) is 32.2 Å². The van der Waals surface area contributed by atoms with Crippen molar-refractivity contribution in [1.29, 1.82) is 0 Å². The molecule has 4 N–H and O–H groups in total. The number of hydrogen-bond acceptors (Lipinski definition) is 8. The van der Waals surface area contributed by atoms with Crippen LogP contribution in [0.25, 0.3) is 5.70 Å². The van der Waals surface area contributed by atoms with Crippen LogP contribution in [0, 0.1) is 0 Å². The van der Waals surface area contributed by atoms with Crippen LogP contribution >= 0.6 is 0 Å². The third kappa shape index (κ3) is 11.1. The van der Waals surface area contributed by atoms with Crippen LogP contribution < -0.4 is 15.4 Å². The summed E-state index contributed by atoms with van der Waals surface area (Å²) in [6.07, 6.45) is 1.87. The van der Waals surface area contributed by atoms with E-state index >= 15 is 0 Å². The summed E-state index contributed by atoms with van der Waals surface area (Å²) in [6, 6.07) is 4.67. The summed E-state index contributed by atoms with van der Waals surface area (Å²) in [4.78, 5) is 12.4. The molecule has 0 bridgehead atoms. The molecule has 0 aliphatic carbocycles. The molecule has 0 aromatic heterocycles. The number of anilines is 1. The van der Waals surface area contributed by atoms with Gasteiger partial charge in [-0.1, -0.05) is 6.58 Å². The Morgan fingerprint density at radius 1 is 1.17 bits per heavy atom. The Bertz CT molecular complexity index is 891. The molecule has 0 fully saturated rings. The molecule has 0 heterocycles. The van der Waals surface area contributed by atoms with Gasteiger partial charge in [-0.3, -0.25) is 9.35 Å². The van der Waals surface area contributed by atoms with Crippen LogP contribution in [0.1, 0.15) is 28.8 Å². The molecule has 0 spiro atoms. The highest BCUT2D eigenvalue weighted by atomic mass is 32.2. The van der Waals surface area contributed by atoms with Gasteiger partial charge in [0.2, 0.25) is 0 Å². The van der Waals surface area contributed by atoms with Crippen LogP contribution in [0.4, 0.5) is 5.69 Å². The molecule has 0 aliphatic heterocycles. The van der Waals surface area contributed by atoms with Crippen molar-refractivity contribution in [2.75, 3.05) is 35.6 Å². The van der Waals surface area contributed by atoms with Gasteiger partial charge in [0.25, 0.3) is 16.0 Å². The van der Waals surface area contributed by atoms with Crippen molar-refractivity contribution >= 4 is 49.5 Å². The predicted molar refractivity (Wildman–Crippen MR) is 114 cm³/mol. The second-order valence-corrected chi connectivity index (χ2v) is 9.86. The summed E-state index contributed by atoms with van der Waals surface area (Å²) in [6.45, 7) is 4.28. The van der Waals surface area contributed by atoms with Gasteiger partial charge in [0.05, 0.1) is 22.8 Å². The molecule has 0 saturated carbocycles. The molecule has 1 amide bonds. The molecule has 0 aliphatic rings. The van der Waals surface area contributed by atoms with E-state index in [1.165, 1.54) is 12.3 Å². The van der Waals surface area contributed by atoms with Crippen molar-refractivity contribution in [3.63, 3.8) is 0 Å². The first-order chi connectivity index (χ1) is 13.5. The van der Waals surface area contributed by atoms with Gasteiger partial charge in [0.1, 0.15) is 17.0 Å². The molecular formula is C16H25N3O7S3. The SMILES string of the molecule is C=C(NCCC[SH](=O)=O)c1cc(N[S+](C)[O-])cc(C(=O)NCCCS(=O)(=O)O)c1. The summed E-state index contributed by atoms with van der Waals surface area (Å²) in [7, 11) is -6.54. The van der Waals surface area contributed by atoms with E-state index in [0.29, 0.717) is 29.9 Å². The van der Waals surface area contributed by atoms with Crippen LogP contribution in [0.2, 0.25) is 0 Å². The van der Waals surface area contributed by atoms with Crippen LogP contribution in [-0.4, -0.2) is 62.7 Å². The summed E-state index contributed by atoms with van der Waals surface area (Å²) < 4.78 is 65.5. The lowest BCUT2D eigenvalue weighted by Crippen LogP contribution is -2.26. The smallest absolute Gasteiger partial charge is 0.264 e. The summed E-state index contributed by atoms with van der Waals surface area (Å²) in [5, 5.41) is 5.53. The Hall–Kier alpha value is -1.80. The van der Waals surface area contributed by atoms with E-state index in [2.05, 4.69) is 21.9 Å². The van der Waals surface area contributed by atoms with Gasteiger partial charge < -0.3 is 15.2 Å². The zero-order valence-corrected chi connectivity index (χ0v) is 18.4. The summed E-state index contributed by atoms with van der Waals surface area (Å²) >= 11 is -1.38. The lowest BCUT2D eigenvalue weighted by Gasteiger charge is -2.14. The highest BCUT2D eigenvalue weighted by Crippen LogP contribution is 2.20. The molecule has 0 saturated heterocycles. The number of nitrogens with one attached hydrogen (secondary N) is 3. The highest BCUT2D eigenvalue weighted by Gasteiger charge is 2.13. The first-order valence-electron chi connectivity index (χ1n) is 8.51. The second kappa shape index (κ2) is 12.0. The van der Waals surface area contributed by atoms with Crippen molar-refractivity contribution in [2.24, 2.45) is 0 Å². The van der Waals surface area contributed by atoms with Gasteiger partial charge in [-0.05, 0) is 36.6 Å². The van der Waals surface area contributed by atoms with Crippen molar-refractivity contribution in [1.82, 2.24) is 10.6 Å². The Labute approximate surface area is 175 Å². The molecule has 1 aromatic carbocycles. The van der Waals surface area contributed by atoms with E-state index in [9.17, 15) is 26.2 Å². The maximum absolute atomic E-state index is 12.4. The molecule has 13 heteroatoms. The molecular weight excluding hydrogens is 442 g/mol. The summed E-state index contributed by atoms with van der Waals surface area (Å²) in [5.41, 5.74) is 1.64. The molecule has 1 rings (SSSR count). The van der Waals surface area contributed by atoms with Crippen molar-refractivity contribution < 1.29 is 30.7 Å². The topological polar surface area (TPSA) is 165 Å². The van der Waals surface area contributed by atoms with Crippen molar-refractivity contribution in [2.45, 2.75) is 12.8 Å². The lowest BCUT2D eigenvalue weighted by molar-refractivity contribution is 0.0953. The normalized spacial score (nSPS) is 12.4. The van der Waals surface area contributed by atoms with Gasteiger partial charge >= 0.3 is 0 Å². The fourth-order valence-electron chi connectivity index (χ4n) is 2.27. The molecule has 1 unspecified atom stereocenters. The maximum atomic E-state index is 12.4. The third-order valence-corrected chi connectivity index (χ3v) is 5.53. The van der Waals surface area contributed by atoms with Gasteiger partial charge in [-0.15, -0.1) is 0 Å². The van der Waals surface area contributed by atoms with Gasteiger partial charge in [0, 0.05) is 30.1 Å². The van der Waals surface area contributed by atoms with Gasteiger partial charge in [-0.2, -0.15) is 8.42 Å². The van der Waals surface area contributed by atoms with Gasteiger partial charge in [-0.25, -0.2) is 13.1 Å². The minimum Gasteiger partial charge on any atom is -0.593 e. The number of hydrogen-bond donors (Lipinski definition) is 5. The minimum absolute atomic E-state index is 0.0396. The Kier molecular flexibility index (Phi) is 10.5. The molecule has 1 aromatic rings. The number of carbonyl (C=O) groups excluding carboxylic acids is 1. The zero-order valence-electron chi connectivity index (χ0n) is 15.8. The number of amides is 1. The number of benzene rings is 1. The largest absolute Gasteiger partial charge is 0.593 e. The Morgan fingerprint density at radius 2 is 1.79 bits per heavy atom. The zero-order chi connectivity index (χ0) is 22.0. The summed E-state index contributed by atoms with van der Waals surface area (Å²) in [5.74, 6) is -0.906. The average molecular weight is 468 g/mol. The van der Waals surface area contributed by atoms with Crippen molar-refractivity contribution in [3.05, 3.63) is 35.9 Å². The van der Waals surface area contributed by atoms with E-state index in [1.54, 1.807) is 12.1 Å². The standard InChI is InChI=1S/C16H25N3O7S3/c1-12(17-5-3-7-28(22)23)13-9-14(11-15(10-13)19-27(2)21)16(20)18-6-4-8-29(24,25)26/h9-11,17,19,28H,1,3-8H2,2H3,(H,18,20)(H,24,25,26). The lowest BCUT2D eigenvalue weighted by atomic mass is 10.1. The first-order valence-corrected chi connectivity index (χ1v) is 13.0. The fourth-order valence-corrected chi connectivity index (χ4v) is 3.64. The van der Waals surface area contributed by atoms with Crippen molar-refractivity contribution in [3.8, 4) is 0 Å². The van der Waals surface area contributed by atoms with Gasteiger partial charge in [0.15, 0.2) is 0 Å². The molecule has 164 valence electrons. The number of carbonyl (C=O) groups is 1. The molecule has 1 atom stereocenters. The van der Waals surface area contributed by atoms with E-state index < -0.39 is 43.8 Å². The first kappa shape index (κ1) is 25.2. The molecule has 10 nitrogen and oxygen atoms in total.